The van der Waals surface area contributed by atoms with Crippen LogP contribution in [0.15, 0.2) is 22.8 Å². The van der Waals surface area contributed by atoms with E-state index in [1.165, 1.54) is 6.20 Å². The van der Waals surface area contributed by atoms with Crippen LogP contribution in [0.25, 0.3) is 0 Å². The highest BCUT2D eigenvalue weighted by Crippen LogP contribution is 2.31. The second kappa shape index (κ2) is 5.08. The van der Waals surface area contributed by atoms with Crippen LogP contribution in [0.3, 0.4) is 0 Å². The first kappa shape index (κ1) is 13.7. The predicted molar refractivity (Wildman–Crippen MR) is 70.7 cm³/mol. The zero-order valence-electron chi connectivity index (χ0n) is 9.77. The molecule has 0 spiro atoms. The summed E-state index contributed by atoms with van der Waals surface area (Å²) < 4.78 is 40.1. The van der Waals surface area contributed by atoms with Gasteiger partial charge in [-0.1, -0.05) is 0 Å². The topological polar surface area (TPSA) is 50.9 Å². The largest absolute Gasteiger partial charge is 0.397 e. The number of nitrogens with two attached hydrogens (primary N) is 1. The van der Waals surface area contributed by atoms with Crippen molar-refractivity contribution in [3.05, 3.63) is 45.8 Å². The van der Waals surface area contributed by atoms with Crippen molar-refractivity contribution in [3.63, 3.8) is 0 Å². The lowest BCUT2D eigenvalue weighted by Crippen LogP contribution is -2.02. The van der Waals surface area contributed by atoms with E-state index in [0.717, 1.165) is 6.07 Å². The number of nitrogens with zero attached hydrogens (tertiary/aromatic N) is 1. The monoisotopic (exact) mass is 331 g/mol. The van der Waals surface area contributed by atoms with Gasteiger partial charge in [0.2, 0.25) is 0 Å². The molecule has 0 aliphatic rings. The molecule has 0 radical (unpaired) electrons. The standard InChI is InChI=1S/C12H9BrF3N3/c1-5-8(17)4-18-12(10(5)13)19-9-3-6(14)2-7(15)11(9)16/h2-4H,17H2,1H3,(H,18,19). The number of halogens is 4. The van der Waals surface area contributed by atoms with Crippen LogP contribution in [0.2, 0.25) is 0 Å². The number of hydrogen-bond donors (Lipinski definition) is 2. The molecule has 100 valence electrons. The van der Waals surface area contributed by atoms with Gasteiger partial charge in [-0.05, 0) is 28.4 Å². The van der Waals surface area contributed by atoms with E-state index in [1.54, 1.807) is 6.92 Å². The number of nitrogens with one attached hydrogen (secondary N) is 1. The Morgan fingerprint density at radius 2 is 1.95 bits per heavy atom. The number of aromatic nitrogens is 1. The molecule has 19 heavy (non-hydrogen) atoms. The van der Waals surface area contributed by atoms with Gasteiger partial charge in [0.25, 0.3) is 0 Å². The summed E-state index contributed by atoms with van der Waals surface area (Å²) in [4.78, 5) is 3.94. The van der Waals surface area contributed by atoms with Crippen molar-refractivity contribution in [3.8, 4) is 0 Å². The van der Waals surface area contributed by atoms with E-state index in [9.17, 15) is 13.2 Å². The number of benzene rings is 1. The molecule has 1 aromatic heterocycles. The summed E-state index contributed by atoms with van der Waals surface area (Å²) in [6.45, 7) is 1.73. The van der Waals surface area contributed by atoms with E-state index in [-0.39, 0.29) is 11.5 Å². The fourth-order valence-electron chi connectivity index (χ4n) is 1.45. The fourth-order valence-corrected chi connectivity index (χ4v) is 1.88. The maximum Gasteiger partial charge on any atom is 0.182 e. The summed E-state index contributed by atoms with van der Waals surface area (Å²) >= 11 is 3.24. The number of pyridine rings is 1. The van der Waals surface area contributed by atoms with Crippen LogP contribution in [-0.4, -0.2) is 4.98 Å². The molecule has 0 atom stereocenters. The second-order valence-electron chi connectivity index (χ2n) is 3.88. The molecule has 7 heteroatoms. The zero-order chi connectivity index (χ0) is 14.2. The molecule has 0 saturated carbocycles. The minimum Gasteiger partial charge on any atom is -0.397 e. The third-order valence-electron chi connectivity index (χ3n) is 2.55. The van der Waals surface area contributed by atoms with Gasteiger partial charge in [0, 0.05) is 12.1 Å². The fraction of sp³-hybridized carbons (Fsp3) is 0.0833. The summed E-state index contributed by atoms with van der Waals surface area (Å²) in [6, 6.07) is 1.31. The Labute approximate surface area is 115 Å². The number of rotatable bonds is 2. The van der Waals surface area contributed by atoms with Crippen LogP contribution in [0, 0.1) is 24.4 Å². The molecule has 0 aliphatic heterocycles. The Balaban J connectivity index is 2.45. The van der Waals surface area contributed by atoms with Crippen LogP contribution in [0.5, 0.6) is 0 Å². The van der Waals surface area contributed by atoms with Crippen molar-refractivity contribution in [2.75, 3.05) is 11.1 Å². The number of anilines is 3. The highest BCUT2D eigenvalue weighted by molar-refractivity contribution is 9.10. The van der Waals surface area contributed by atoms with Gasteiger partial charge >= 0.3 is 0 Å². The maximum atomic E-state index is 13.5. The first-order valence-electron chi connectivity index (χ1n) is 5.22. The van der Waals surface area contributed by atoms with Gasteiger partial charge in [-0.25, -0.2) is 18.2 Å². The van der Waals surface area contributed by atoms with Crippen LogP contribution in [-0.2, 0) is 0 Å². The first-order chi connectivity index (χ1) is 8.90. The molecular formula is C12H9BrF3N3. The average Bonchev–Trinajstić information content (AvgIpc) is 2.36. The van der Waals surface area contributed by atoms with Crippen molar-refractivity contribution in [1.29, 1.82) is 0 Å². The molecular weight excluding hydrogens is 323 g/mol. The van der Waals surface area contributed by atoms with E-state index < -0.39 is 17.5 Å². The van der Waals surface area contributed by atoms with Gasteiger partial charge in [-0.15, -0.1) is 0 Å². The lowest BCUT2D eigenvalue weighted by atomic mass is 10.2. The minimum absolute atomic E-state index is 0.218. The average molecular weight is 332 g/mol. The van der Waals surface area contributed by atoms with Crippen LogP contribution >= 0.6 is 15.9 Å². The van der Waals surface area contributed by atoms with Crippen molar-refractivity contribution < 1.29 is 13.2 Å². The lowest BCUT2D eigenvalue weighted by Gasteiger charge is -2.11. The summed E-state index contributed by atoms with van der Waals surface area (Å²) in [5.74, 6) is -3.12. The normalized spacial score (nSPS) is 10.6. The third-order valence-corrected chi connectivity index (χ3v) is 3.52. The van der Waals surface area contributed by atoms with Crippen molar-refractivity contribution in [2.24, 2.45) is 0 Å². The van der Waals surface area contributed by atoms with Crippen molar-refractivity contribution in [2.45, 2.75) is 6.92 Å². The maximum absolute atomic E-state index is 13.5. The Hall–Kier alpha value is -1.76. The van der Waals surface area contributed by atoms with E-state index in [0.29, 0.717) is 21.8 Å². The Kier molecular flexibility index (Phi) is 3.66. The lowest BCUT2D eigenvalue weighted by molar-refractivity contribution is 0.498. The van der Waals surface area contributed by atoms with E-state index >= 15 is 0 Å². The van der Waals surface area contributed by atoms with Crippen molar-refractivity contribution >= 4 is 33.1 Å². The molecule has 0 saturated heterocycles. The van der Waals surface area contributed by atoms with Gasteiger partial charge in [0.05, 0.1) is 22.0 Å². The van der Waals surface area contributed by atoms with Crippen LogP contribution in [0.1, 0.15) is 5.56 Å². The predicted octanol–water partition coefficient (Wildman–Crippen LogP) is 3.90. The van der Waals surface area contributed by atoms with E-state index in [4.69, 9.17) is 5.73 Å². The molecule has 0 bridgehead atoms. The van der Waals surface area contributed by atoms with Gasteiger partial charge in [-0.3, -0.25) is 0 Å². The molecule has 1 aromatic carbocycles. The molecule has 2 aromatic rings. The summed E-state index contributed by atoms with van der Waals surface area (Å²) in [6.07, 6.45) is 1.37. The molecule has 3 N–H and O–H groups in total. The quantitative estimate of drug-likeness (QED) is 0.820. The van der Waals surface area contributed by atoms with E-state index in [2.05, 4.69) is 26.2 Å². The van der Waals surface area contributed by atoms with Gasteiger partial charge in [0.15, 0.2) is 11.6 Å². The summed E-state index contributed by atoms with van der Waals surface area (Å²) in [7, 11) is 0. The highest BCUT2D eigenvalue weighted by Gasteiger charge is 2.14. The van der Waals surface area contributed by atoms with Gasteiger partial charge in [0.1, 0.15) is 11.6 Å². The van der Waals surface area contributed by atoms with Crippen LogP contribution < -0.4 is 11.1 Å². The number of hydrogen-bond acceptors (Lipinski definition) is 3. The Bertz CT molecular complexity index is 647. The first-order valence-corrected chi connectivity index (χ1v) is 6.01. The summed E-state index contributed by atoms with van der Waals surface area (Å²) in [5, 5.41) is 2.52. The number of nitrogen functional groups attached to an aromatic ring is 1. The summed E-state index contributed by atoms with van der Waals surface area (Å²) in [5.41, 5.74) is 6.45. The Morgan fingerprint density at radius 1 is 1.26 bits per heavy atom. The SMILES string of the molecule is Cc1c(N)cnc(Nc2cc(F)cc(F)c2F)c1Br. The minimum atomic E-state index is -1.27. The van der Waals surface area contributed by atoms with Gasteiger partial charge < -0.3 is 11.1 Å². The van der Waals surface area contributed by atoms with E-state index in [1.807, 2.05) is 0 Å². The Morgan fingerprint density at radius 3 is 2.63 bits per heavy atom. The zero-order valence-corrected chi connectivity index (χ0v) is 11.4. The molecule has 0 amide bonds. The molecule has 3 nitrogen and oxygen atoms in total. The molecule has 0 unspecified atom stereocenters. The molecule has 1 heterocycles. The third kappa shape index (κ3) is 2.65. The van der Waals surface area contributed by atoms with Gasteiger partial charge in [-0.2, -0.15) is 0 Å². The van der Waals surface area contributed by atoms with Crippen molar-refractivity contribution in [1.82, 2.24) is 4.98 Å². The molecule has 0 fully saturated rings. The van der Waals surface area contributed by atoms with Crippen LogP contribution in [0.4, 0.5) is 30.4 Å². The molecule has 2 rings (SSSR count). The smallest absolute Gasteiger partial charge is 0.182 e. The highest BCUT2D eigenvalue weighted by atomic mass is 79.9. The second-order valence-corrected chi connectivity index (χ2v) is 4.67. The molecule has 0 aliphatic carbocycles.